The van der Waals surface area contributed by atoms with Crippen LogP contribution < -0.4 is 0 Å². The molecule has 0 aliphatic rings. The molecule has 0 aromatic heterocycles. The van der Waals surface area contributed by atoms with Crippen LogP contribution in [0.1, 0.15) is 0 Å². The van der Waals surface area contributed by atoms with E-state index in [2.05, 4.69) is 22.4 Å². The van der Waals surface area contributed by atoms with Gasteiger partial charge in [-0.15, -0.1) is 0 Å². The molecule has 0 amide bonds. The van der Waals surface area contributed by atoms with Crippen LogP contribution in [-0.4, -0.2) is 18.5 Å². The summed E-state index contributed by atoms with van der Waals surface area (Å²) in [6.45, 7) is 3.17. The molecule has 0 saturated carbocycles. The first-order valence-corrected chi connectivity index (χ1v) is 1.64. The Kier molecular flexibility index (Phi) is 3.96. The van der Waals surface area contributed by atoms with Gasteiger partial charge in [-0.2, -0.15) is 4.99 Å². The maximum Gasteiger partial charge on any atom is 0.127 e. The van der Waals surface area contributed by atoms with E-state index in [9.17, 15) is 0 Å². The Labute approximate surface area is 41.6 Å². The van der Waals surface area contributed by atoms with Gasteiger partial charge in [0, 0.05) is 0 Å². The quantitative estimate of drug-likeness (QED) is 0.383. The van der Waals surface area contributed by atoms with Gasteiger partial charge in [0.2, 0.25) is 0 Å². The van der Waals surface area contributed by atoms with Crippen molar-refractivity contribution in [1.29, 1.82) is 5.41 Å². The number of hydrogen-bond acceptors (Lipinski definition) is 1. The molecule has 0 bridgehead atoms. The van der Waals surface area contributed by atoms with Gasteiger partial charge in [-0.1, -0.05) is 0 Å². The highest BCUT2D eigenvalue weighted by molar-refractivity contribution is 5.74. The SMILES string of the molecule is C=C=NC=NC=N. The van der Waals surface area contributed by atoms with Crippen molar-refractivity contribution in [2.75, 3.05) is 0 Å². The molecule has 0 unspecified atom stereocenters. The highest BCUT2D eigenvalue weighted by Gasteiger charge is 1.51. The van der Waals surface area contributed by atoms with E-state index in [0.29, 0.717) is 0 Å². The summed E-state index contributed by atoms with van der Waals surface area (Å²) < 4.78 is 0. The molecule has 7 heavy (non-hydrogen) atoms. The van der Waals surface area contributed by atoms with Crippen molar-refractivity contribution >= 4 is 18.5 Å². The Hall–Kier alpha value is -1.21. The summed E-state index contributed by atoms with van der Waals surface area (Å²) in [4.78, 5) is 6.67. The third-order valence-corrected chi connectivity index (χ3v) is 0.290. The number of hydrogen-bond donors (Lipinski definition) is 1. The van der Waals surface area contributed by atoms with E-state index in [-0.39, 0.29) is 0 Å². The van der Waals surface area contributed by atoms with Crippen molar-refractivity contribution in [3.8, 4) is 0 Å². The zero-order valence-corrected chi connectivity index (χ0v) is 3.76. The molecule has 36 valence electrons. The van der Waals surface area contributed by atoms with Gasteiger partial charge in [-0.25, -0.2) is 4.99 Å². The molecular weight excluding hydrogens is 90.1 g/mol. The van der Waals surface area contributed by atoms with Gasteiger partial charge >= 0.3 is 0 Å². The molecule has 0 fully saturated rings. The largest absolute Gasteiger partial charge is 0.289 e. The van der Waals surface area contributed by atoms with Crippen LogP contribution in [0.4, 0.5) is 0 Å². The van der Waals surface area contributed by atoms with Crippen LogP contribution >= 0.6 is 0 Å². The van der Waals surface area contributed by atoms with Gasteiger partial charge in [0.05, 0.1) is 0 Å². The first-order valence-electron chi connectivity index (χ1n) is 1.64. The van der Waals surface area contributed by atoms with E-state index >= 15 is 0 Å². The van der Waals surface area contributed by atoms with Crippen molar-refractivity contribution in [2.24, 2.45) is 9.98 Å². The summed E-state index contributed by atoms with van der Waals surface area (Å²) in [7, 11) is 0. The van der Waals surface area contributed by atoms with Gasteiger partial charge in [0.15, 0.2) is 0 Å². The van der Waals surface area contributed by atoms with Crippen LogP contribution in [0.5, 0.6) is 0 Å². The van der Waals surface area contributed by atoms with E-state index in [4.69, 9.17) is 5.41 Å². The first-order chi connectivity index (χ1) is 3.41. The van der Waals surface area contributed by atoms with Gasteiger partial charge in [0.1, 0.15) is 12.7 Å². The summed E-state index contributed by atoms with van der Waals surface area (Å²) in [5.74, 6) is 2.22. The zero-order valence-electron chi connectivity index (χ0n) is 3.76. The van der Waals surface area contributed by atoms with Gasteiger partial charge < -0.3 is 0 Å². The van der Waals surface area contributed by atoms with E-state index < -0.39 is 0 Å². The fourth-order valence-corrected chi connectivity index (χ4v) is 0.107. The van der Waals surface area contributed by atoms with Crippen LogP contribution in [0.15, 0.2) is 16.6 Å². The van der Waals surface area contributed by atoms with E-state index in [1.165, 1.54) is 6.34 Å². The van der Waals surface area contributed by atoms with E-state index in [0.717, 1.165) is 6.34 Å². The van der Waals surface area contributed by atoms with Crippen molar-refractivity contribution in [3.63, 3.8) is 0 Å². The predicted octanol–water partition coefficient (Wildman–Crippen LogP) is 0.477. The van der Waals surface area contributed by atoms with Crippen LogP contribution in [0.25, 0.3) is 0 Å². The van der Waals surface area contributed by atoms with Gasteiger partial charge in [-0.05, 0) is 12.4 Å². The Morgan fingerprint density at radius 1 is 1.71 bits per heavy atom. The standard InChI is InChI=1S/C4H5N3/c1-2-6-4-7-3-5/h3-5H,1H2. The third-order valence-electron chi connectivity index (χ3n) is 0.290. The minimum Gasteiger partial charge on any atom is -0.289 e. The van der Waals surface area contributed by atoms with Crippen molar-refractivity contribution < 1.29 is 0 Å². The minimum absolute atomic E-state index is 0.890. The fraction of sp³-hybridized carbons (Fsp3) is 0. The number of nitrogens with one attached hydrogen (secondary N) is 1. The Bertz CT molecular complexity index is 119. The fourth-order valence-electron chi connectivity index (χ4n) is 0.107. The Morgan fingerprint density at radius 2 is 2.43 bits per heavy atom. The molecular formula is C4H5N3. The Balaban J connectivity index is 3.47. The molecule has 0 aliphatic heterocycles. The molecule has 3 nitrogen and oxygen atoms in total. The minimum atomic E-state index is 0.890. The molecule has 0 radical (unpaired) electrons. The number of aliphatic imine (C=N–C) groups is 2. The molecule has 0 spiro atoms. The van der Waals surface area contributed by atoms with Crippen LogP contribution in [0.2, 0.25) is 0 Å². The average molecular weight is 95.1 g/mol. The van der Waals surface area contributed by atoms with Crippen LogP contribution in [0, 0.1) is 5.41 Å². The van der Waals surface area contributed by atoms with Crippen LogP contribution in [0.3, 0.4) is 0 Å². The third kappa shape index (κ3) is 4.79. The summed E-state index contributed by atoms with van der Waals surface area (Å²) in [6.07, 6.45) is 2.08. The zero-order chi connectivity index (χ0) is 5.54. The van der Waals surface area contributed by atoms with Crippen molar-refractivity contribution in [1.82, 2.24) is 0 Å². The average Bonchev–Trinajstić information content (AvgIpc) is 1.69. The predicted molar refractivity (Wildman–Crippen MR) is 30.3 cm³/mol. The smallest absolute Gasteiger partial charge is 0.127 e. The second-order valence-corrected chi connectivity index (χ2v) is 0.681. The first kappa shape index (κ1) is 5.79. The summed E-state index contributed by atoms with van der Waals surface area (Å²) >= 11 is 0. The molecule has 3 heteroatoms. The maximum absolute atomic E-state index is 6.35. The second kappa shape index (κ2) is 4.79. The highest BCUT2D eigenvalue weighted by Crippen LogP contribution is 1.52. The van der Waals surface area contributed by atoms with Crippen LogP contribution in [-0.2, 0) is 0 Å². The lowest BCUT2D eigenvalue weighted by Crippen LogP contribution is -1.62. The topological polar surface area (TPSA) is 48.6 Å². The molecule has 0 heterocycles. The number of rotatable bonds is 2. The van der Waals surface area contributed by atoms with Crippen molar-refractivity contribution in [2.45, 2.75) is 0 Å². The monoisotopic (exact) mass is 95.0 g/mol. The molecule has 0 aromatic rings. The molecule has 1 N–H and O–H groups in total. The van der Waals surface area contributed by atoms with E-state index in [1.54, 1.807) is 0 Å². The van der Waals surface area contributed by atoms with Gasteiger partial charge in [-0.3, -0.25) is 5.41 Å². The van der Waals surface area contributed by atoms with E-state index in [1.807, 2.05) is 0 Å². The Morgan fingerprint density at radius 3 is 2.86 bits per heavy atom. The lowest BCUT2D eigenvalue weighted by Gasteiger charge is -1.61. The van der Waals surface area contributed by atoms with Crippen molar-refractivity contribution in [3.05, 3.63) is 6.58 Å². The lowest BCUT2D eigenvalue weighted by molar-refractivity contribution is 1.51. The maximum atomic E-state index is 6.35. The molecule has 0 rings (SSSR count). The summed E-state index contributed by atoms with van der Waals surface area (Å²) in [5, 5.41) is 6.35. The molecule has 0 aliphatic carbocycles. The normalized spacial score (nSPS) is 8.00. The summed E-state index contributed by atoms with van der Waals surface area (Å²) in [6, 6.07) is 0. The molecule has 0 atom stereocenters. The highest BCUT2D eigenvalue weighted by atomic mass is 14.8. The van der Waals surface area contributed by atoms with Gasteiger partial charge in [0.25, 0.3) is 0 Å². The summed E-state index contributed by atoms with van der Waals surface area (Å²) in [5.41, 5.74) is 0. The lowest BCUT2D eigenvalue weighted by atomic mass is 11.1. The molecule has 0 aromatic carbocycles. The number of nitrogens with zero attached hydrogens (tertiary/aromatic N) is 2. The second-order valence-electron chi connectivity index (χ2n) is 0.681. The molecule has 0 saturated heterocycles.